The Hall–Kier alpha value is -3.22. The molecule has 0 aliphatic carbocycles. The quantitative estimate of drug-likeness (QED) is 0.701. The van der Waals surface area contributed by atoms with Crippen LogP contribution in [0.3, 0.4) is 0 Å². The summed E-state index contributed by atoms with van der Waals surface area (Å²) in [6.07, 6.45) is 3.83. The molecule has 0 unspecified atom stereocenters. The van der Waals surface area contributed by atoms with Crippen LogP contribution >= 0.6 is 0 Å². The third-order valence-corrected chi connectivity index (χ3v) is 5.45. The van der Waals surface area contributed by atoms with Crippen molar-refractivity contribution in [2.75, 3.05) is 13.1 Å². The largest absolute Gasteiger partial charge is 0.352 e. The molecule has 1 atom stereocenters. The first-order valence-corrected chi connectivity index (χ1v) is 10.1. The average Bonchev–Trinajstić information content (AvgIpc) is 3.17. The molecule has 2 aromatic carbocycles. The maximum atomic E-state index is 13.0. The second-order valence-electron chi connectivity index (χ2n) is 7.38. The number of rotatable bonds is 6. The third-order valence-electron chi connectivity index (χ3n) is 5.45. The van der Waals surface area contributed by atoms with Crippen LogP contribution in [0.2, 0.25) is 0 Å². The zero-order chi connectivity index (χ0) is 20.1. The first-order valence-electron chi connectivity index (χ1n) is 10.1. The summed E-state index contributed by atoms with van der Waals surface area (Å²) in [7, 11) is 0. The molecule has 4 rings (SSSR count). The summed E-state index contributed by atoms with van der Waals surface area (Å²) in [5.41, 5.74) is 2.31. The number of likely N-dealkylation sites (tertiary alicyclic amines) is 1. The molecular weight excluding hydrogens is 366 g/mol. The van der Waals surface area contributed by atoms with Gasteiger partial charge in [-0.15, -0.1) is 5.10 Å². The van der Waals surface area contributed by atoms with Crippen molar-refractivity contribution in [3.63, 3.8) is 0 Å². The summed E-state index contributed by atoms with van der Waals surface area (Å²) in [6, 6.07) is 17.0. The van der Waals surface area contributed by atoms with Crippen molar-refractivity contribution in [3.05, 3.63) is 60.2 Å². The van der Waals surface area contributed by atoms with E-state index in [4.69, 9.17) is 0 Å². The first-order chi connectivity index (χ1) is 14.2. The van der Waals surface area contributed by atoms with E-state index in [2.05, 4.69) is 15.6 Å². The van der Waals surface area contributed by atoms with Crippen LogP contribution < -0.4 is 5.32 Å². The maximum Gasteiger partial charge on any atom is 0.251 e. The Balaban J connectivity index is 1.35. The minimum Gasteiger partial charge on any atom is -0.352 e. The van der Waals surface area contributed by atoms with Crippen molar-refractivity contribution in [2.45, 2.75) is 38.3 Å². The third kappa shape index (κ3) is 4.45. The Morgan fingerprint density at radius 2 is 1.83 bits per heavy atom. The fourth-order valence-electron chi connectivity index (χ4n) is 3.93. The van der Waals surface area contributed by atoms with Crippen LogP contribution in [0.4, 0.5) is 0 Å². The maximum absolute atomic E-state index is 13.0. The highest BCUT2D eigenvalue weighted by Gasteiger charge is 2.27. The molecule has 3 aromatic rings. The molecule has 2 amide bonds. The van der Waals surface area contributed by atoms with Gasteiger partial charge in [0.15, 0.2) is 0 Å². The molecule has 7 nitrogen and oxygen atoms in total. The van der Waals surface area contributed by atoms with E-state index in [-0.39, 0.29) is 24.4 Å². The summed E-state index contributed by atoms with van der Waals surface area (Å²) in [6.45, 7) is 1.49. The molecule has 0 saturated carbocycles. The highest BCUT2D eigenvalue weighted by Crippen LogP contribution is 2.20. The number of nitrogens with one attached hydrogen (secondary N) is 1. The molecule has 1 N–H and O–H groups in total. The van der Waals surface area contributed by atoms with Crippen molar-refractivity contribution in [2.24, 2.45) is 0 Å². The zero-order valence-corrected chi connectivity index (χ0v) is 16.3. The molecule has 0 bridgehead atoms. The molecule has 7 heteroatoms. The van der Waals surface area contributed by atoms with E-state index in [1.807, 2.05) is 47.4 Å². The minimum atomic E-state index is -0.0756. The molecule has 2 heterocycles. The van der Waals surface area contributed by atoms with Crippen molar-refractivity contribution in [1.29, 1.82) is 0 Å². The van der Waals surface area contributed by atoms with E-state index in [0.717, 1.165) is 43.3 Å². The number of aromatic nitrogens is 3. The normalized spacial score (nSPS) is 16.7. The van der Waals surface area contributed by atoms with E-state index in [1.165, 1.54) is 0 Å². The van der Waals surface area contributed by atoms with Gasteiger partial charge in [-0.25, -0.2) is 4.68 Å². The molecule has 1 saturated heterocycles. The fourth-order valence-corrected chi connectivity index (χ4v) is 3.93. The Labute approximate surface area is 169 Å². The van der Waals surface area contributed by atoms with Crippen LogP contribution in [0.15, 0.2) is 54.6 Å². The van der Waals surface area contributed by atoms with Crippen LogP contribution in [-0.2, 0) is 11.3 Å². The molecule has 29 heavy (non-hydrogen) atoms. The lowest BCUT2D eigenvalue weighted by atomic mass is 9.99. The number of para-hydroxylation sites is 1. The van der Waals surface area contributed by atoms with Crippen molar-refractivity contribution < 1.29 is 9.59 Å². The number of amides is 2. The smallest absolute Gasteiger partial charge is 0.251 e. The topological polar surface area (TPSA) is 80.1 Å². The average molecular weight is 391 g/mol. The van der Waals surface area contributed by atoms with E-state index in [9.17, 15) is 9.59 Å². The molecular formula is C22H25N5O2. The second-order valence-corrected chi connectivity index (χ2v) is 7.38. The van der Waals surface area contributed by atoms with Gasteiger partial charge in [0.05, 0.1) is 5.52 Å². The summed E-state index contributed by atoms with van der Waals surface area (Å²) in [5.74, 6) is -0.0203. The number of benzene rings is 2. The minimum absolute atomic E-state index is 0.0553. The number of hydrogen-bond acceptors (Lipinski definition) is 4. The van der Waals surface area contributed by atoms with Gasteiger partial charge in [-0.2, -0.15) is 0 Å². The van der Waals surface area contributed by atoms with Gasteiger partial charge < -0.3 is 10.2 Å². The molecule has 1 fully saturated rings. The van der Waals surface area contributed by atoms with E-state index < -0.39 is 0 Å². The van der Waals surface area contributed by atoms with Crippen LogP contribution in [0, 0.1) is 0 Å². The van der Waals surface area contributed by atoms with E-state index in [1.54, 1.807) is 16.8 Å². The fraction of sp³-hybridized carbons (Fsp3) is 0.364. The monoisotopic (exact) mass is 391 g/mol. The van der Waals surface area contributed by atoms with Crippen molar-refractivity contribution in [3.8, 4) is 0 Å². The zero-order valence-electron chi connectivity index (χ0n) is 16.3. The molecule has 150 valence electrons. The Morgan fingerprint density at radius 1 is 1.03 bits per heavy atom. The Kier molecular flexibility index (Phi) is 5.84. The lowest BCUT2D eigenvalue weighted by Gasteiger charge is -2.36. The lowest BCUT2D eigenvalue weighted by Crippen LogP contribution is -2.46. The van der Waals surface area contributed by atoms with Crippen LogP contribution in [0.1, 0.15) is 36.0 Å². The van der Waals surface area contributed by atoms with Gasteiger partial charge in [-0.05, 0) is 49.9 Å². The molecule has 0 spiro atoms. The lowest BCUT2D eigenvalue weighted by molar-refractivity contribution is -0.135. The van der Waals surface area contributed by atoms with E-state index >= 15 is 0 Å². The molecule has 1 aromatic heterocycles. The Bertz CT molecular complexity index is 985. The predicted octanol–water partition coefficient (Wildman–Crippen LogP) is 2.63. The molecule has 1 aliphatic heterocycles. The van der Waals surface area contributed by atoms with Crippen LogP contribution in [-0.4, -0.2) is 50.8 Å². The summed E-state index contributed by atoms with van der Waals surface area (Å²) >= 11 is 0. The molecule has 0 radical (unpaired) electrons. The van der Waals surface area contributed by atoms with Crippen molar-refractivity contribution in [1.82, 2.24) is 25.2 Å². The van der Waals surface area contributed by atoms with Crippen molar-refractivity contribution >= 4 is 22.8 Å². The van der Waals surface area contributed by atoms with Crippen LogP contribution in [0.25, 0.3) is 11.0 Å². The summed E-state index contributed by atoms with van der Waals surface area (Å²) < 4.78 is 1.67. The highest BCUT2D eigenvalue weighted by atomic mass is 16.2. The van der Waals surface area contributed by atoms with Gasteiger partial charge in [0.1, 0.15) is 12.1 Å². The van der Waals surface area contributed by atoms with Gasteiger partial charge in [0.25, 0.3) is 5.91 Å². The van der Waals surface area contributed by atoms with Gasteiger partial charge in [0, 0.05) is 24.7 Å². The summed E-state index contributed by atoms with van der Waals surface area (Å²) in [5, 5.41) is 11.2. The Morgan fingerprint density at radius 3 is 2.69 bits per heavy atom. The van der Waals surface area contributed by atoms with Gasteiger partial charge in [-0.1, -0.05) is 35.5 Å². The standard InChI is InChI=1S/C22H25N5O2/c28-21(16-27-20-12-5-4-11-19(20)24-25-27)26-15-7-6-10-18(26)13-14-23-22(29)17-8-2-1-3-9-17/h1-5,8-9,11-12,18H,6-7,10,13-16H2,(H,23,29)/t18-/m1/s1. The highest BCUT2D eigenvalue weighted by molar-refractivity contribution is 5.94. The number of carbonyl (C=O) groups excluding carboxylic acids is 2. The summed E-state index contributed by atoms with van der Waals surface area (Å²) in [4.78, 5) is 27.2. The van der Waals surface area contributed by atoms with Crippen LogP contribution in [0.5, 0.6) is 0 Å². The van der Waals surface area contributed by atoms with E-state index in [0.29, 0.717) is 12.1 Å². The number of piperidine rings is 1. The first kappa shape index (κ1) is 19.1. The van der Waals surface area contributed by atoms with Gasteiger partial charge in [0.2, 0.25) is 5.91 Å². The predicted molar refractivity (Wildman–Crippen MR) is 110 cm³/mol. The van der Waals surface area contributed by atoms with Gasteiger partial charge in [-0.3, -0.25) is 9.59 Å². The number of hydrogen-bond donors (Lipinski definition) is 1. The number of fused-ring (bicyclic) bond motifs is 1. The molecule has 1 aliphatic rings. The number of nitrogens with zero attached hydrogens (tertiary/aromatic N) is 4. The second kappa shape index (κ2) is 8.86. The number of carbonyl (C=O) groups is 2. The SMILES string of the molecule is O=C(NCC[C@H]1CCCCN1C(=O)Cn1nnc2ccccc21)c1ccccc1. The van der Waals surface area contributed by atoms with Gasteiger partial charge >= 0.3 is 0 Å².